The molecule has 1 atom stereocenters. The number of rotatable bonds is 7. The summed E-state index contributed by atoms with van der Waals surface area (Å²) < 4.78 is 55.9. The summed E-state index contributed by atoms with van der Waals surface area (Å²) in [7, 11) is 0. The normalized spacial score (nSPS) is 12.9. The van der Waals surface area contributed by atoms with Gasteiger partial charge < -0.3 is 5.32 Å². The Morgan fingerprint density at radius 1 is 1.07 bits per heavy atom. The third kappa shape index (κ3) is 4.44. The number of nitrogens with one attached hydrogen (secondary N) is 1. The van der Waals surface area contributed by atoms with E-state index < -0.39 is 30.0 Å². The minimum Gasteiger partial charge on any atom is -0.350 e. The lowest BCUT2D eigenvalue weighted by molar-refractivity contribution is -0.122. The standard InChI is InChI=1S/C19H22F4N6O/c1-9-5-11(3)28(26-9)7-10(2)24-15(30)8-29-19-16(12(4)27-29)13(17(20)21)6-14(25-19)18(22)23/h5-6,10,17-18H,7-8H2,1-4H3,(H,24,30). The Balaban J connectivity index is 1.82. The molecule has 0 spiro atoms. The maximum atomic E-state index is 13.4. The van der Waals surface area contributed by atoms with Crippen molar-refractivity contribution >= 4 is 16.9 Å². The number of hydrogen-bond donors (Lipinski definition) is 1. The van der Waals surface area contributed by atoms with Crippen LogP contribution in [-0.2, 0) is 17.9 Å². The Morgan fingerprint density at radius 2 is 1.77 bits per heavy atom. The lowest BCUT2D eigenvalue weighted by Gasteiger charge is -2.15. The van der Waals surface area contributed by atoms with Crippen LogP contribution < -0.4 is 5.32 Å². The Kier molecular flexibility index (Phi) is 6.09. The maximum absolute atomic E-state index is 13.4. The van der Waals surface area contributed by atoms with Gasteiger partial charge in [-0.1, -0.05) is 0 Å². The molecular formula is C19H22F4N6O. The van der Waals surface area contributed by atoms with Crippen molar-refractivity contribution in [3.8, 4) is 0 Å². The molecule has 3 heterocycles. The van der Waals surface area contributed by atoms with Gasteiger partial charge in [0.2, 0.25) is 5.91 Å². The average molecular weight is 426 g/mol. The second-order valence-corrected chi connectivity index (χ2v) is 7.26. The minimum absolute atomic E-state index is 0.0158. The number of fused-ring (bicyclic) bond motifs is 1. The van der Waals surface area contributed by atoms with Gasteiger partial charge in [-0.3, -0.25) is 9.48 Å². The Bertz CT molecular complexity index is 1070. The lowest BCUT2D eigenvalue weighted by Crippen LogP contribution is -2.38. The summed E-state index contributed by atoms with van der Waals surface area (Å²) in [4.78, 5) is 16.2. The highest BCUT2D eigenvalue weighted by Gasteiger charge is 2.24. The summed E-state index contributed by atoms with van der Waals surface area (Å²) in [6.45, 7) is 7.13. The van der Waals surface area contributed by atoms with Crippen molar-refractivity contribution in [1.82, 2.24) is 29.9 Å². The van der Waals surface area contributed by atoms with Gasteiger partial charge in [0.15, 0.2) is 5.65 Å². The zero-order valence-corrected chi connectivity index (χ0v) is 17.0. The molecule has 0 saturated heterocycles. The van der Waals surface area contributed by atoms with Crippen molar-refractivity contribution < 1.29 is 22.4 Å². The summed E-state index contributed by atoms with van der Waals surface area (Å²) in [6, 6.07) is 2.33. The molecule has 0 aliphatic carbocycles. The Hall–Kier alpha value is -2.98. The highest BCUT2D eigenvalue weighted by molar-refractivity contribution is 5.84. The van der Waals surface area contributed by atoms with E-state index in [9.17, 15) is 22.4 Å². The summed E-state index contributed by atoms with van der Waals surface area (Å²) in [6.07, 6.45) is -6.00. The van der Waals surface area contributed by atoms with Crippen molar-refractivity contribution in [2.45, 2.75) is 59.7 Å². The third-order valence-corrected chi connectivity index (χ3v) is 4.64. The highest BCUT2D eigenvalue weighted by atomic mass is 19.3. The van der Waals surface area contributed by atoms with Crippen LogP contribution in [0.25, 0.3) is 11.0 Å². The lowest BCUT2D eigenvalue weighted by atomic mass is 10.1. The van der Waals surface area contributed by atoms with Gasteiger partial charge in [-0.05, 0) is 39.8 Å². The van der Waals surface area contributed by atoms with Gasteiger partial charge in [0.25, 0.3) is 12.9 Å². The number of aromatic nitrogens is 5. The predicted molar refractivity (Wildman–Crippen MR) is 101 cm³/mol. The third-order valence-electron chi connectivity index (χ3n) is 4.64. The monoisotopic (exact) mass is 426 g/mol. The molecule has 0 saturated carbocycles. The zero-order valence-electron chi connectivity index (χ0n) is 17.0. The number of alkyl halides is 4. The summed E-state index contributed by atoms with van der Waals surface area (Å²) in [5.41, 5.74) is 0.486. The molecule has 0 radical (unpaired) electrons. The number of pyridine rings is 1. The van der Waals surface area contributed by atoms with Crippen molar-refractivity contribution in [3.05, 3.63) is 40.5 Å². The van der Waals surface area contributed by atoms with Crippen LogP contribution in [0.4, 0.5) is 17.6 Å². The first-order valence-corrected chi connectivity index (χ1v) is 9.31. The summed E-state index contributed by atoms with van der Waals surface area (Å²) in [5.74, 6) is -0.448. The zero-order chi connectivity index (χ0) is 22.2. The van der Waals surface area contributed by atoms with E-state index in [4.69, 9.17) is 0 Å². The second kappa shape index (κ2) is 8.41. The van der Waals surface area contributed by atoms with Gasteiger partial charge in [-0.15, -0.1) is 0 Å². The van der Waals surface area contributed by atoms with E-state index in [-0.39, 0.29) is 29.3 Å². The van der Waals surface area contributed by atoms with Gasteiger partial charge in [-0.25, -0.2) is 27.2 Å². The van der Waals surface area contributed by atoms with Gasteiger partial charge in [0, 0.05) is 17.3 Å². The molecule has 1 amide bonds. The molecule has 3 aromatic heterocycles. The van der Waals surface area contributed by atoms with Crippen molar-refractivity contribution in [2.75, 3.05) is 0 Å². The van der Waals surface area contributed by atoms with Gasteiger partial charge >= 0.3 is 0 Å². The van der Waals surface area contributed by atoms with Crippen LogP contribution in [0.1, 0.15) is 48.1 Å². The molecule has 3 rings (SSSR count). The molecule has 0 aromatic carbocycles. The number of nitrogens with zero attached hydrogens (tertiary/aromatic N) is 5. The van der Waals surface area contributed by atoms with Crippen molar-refractivity contribution in [3.63, 3.8) is 0 Å². The number of hydrogen-bond acceptors (Lipinski definition) is 4. The van der Waals surface area contributed by atoms with E-state index in [1.54, 1.807) is 11.6 Å². The molecule has 0 fully saturated rings. The molecule has 0 bridgehead atoms. The molecule has 11 heteroatoms. The first kappa shape index (κ1) is 21.7. The van der Waals surface area contributed by atoms with E-state index >= 15 is 0 Å². The number of aryl methyl sites for hydroxylation is 3. The van der Waals surface area contributed by atoms with Crippen LogP contribution in [-0.4, -0.2) is 36.5 Å². The van der Waals surface area contributed by atoms with E-state index in [1.165, 1.54) is 6.92 Å². The fraction of sp³-hybridized carbons (Fsp3) is 0.474. The average Bonchev–Trinajstić information content (AvgIpc) is 3.12. The molecule has 3 aromatic rings. The highest BCUT2D eigenvalue weighted by Crippen LogP contribution is 2.32. The van der Waals surface area contributed by atoms with Crippen molar-refractivity contribution in [1.29, 1.82) is 0 Å². The van der Waals surface area contributed by atoms with E-state index in [0.717, 1.165) is 16.1 Å². The largest absolute Gasteiger partial charge is 0.350 e. The number of carbonyl (C=O) groups is 1. The fourth-order valence-corrected chi connectivity index (χ4v) is 3.42. The molecular weight excluding hydrogens is 404 g/mol. The quantitative estimate of drug-likeness (QED) is 0.586. The minimum atomic E-state index is -3.02. The summed E-state index contributed by atoms with van der Waals surface area (Å²) >= 11 is 0. The number of amides is 1. The molecule has 1 N–H and O–H groups in total. The first-order chi connectivity index (χ1) is 14.1. The van der Waals surface area contributed by atoms with E-state index in [2.05, 4.69) is 20.5 Å². The molecule has 0 aliphatic heterocycles. The number of carbonyl (C=O) groups excluding carboxylic acids is 1. The van der Waals surface area contributed by atoms with Gasteiger partial charge in [-0.2, -0.15) is 10.2 Å². The number of halogens is 4. The molecule has 7 nitrogen and oxygen atoms in total. The molecule has 1 unspecified atom stereocenters. The van der Waals surface area contributed by atoms with Crippen LogP contribution in [0.3, 0.4) is 0 Å². The topological polar surface area (TPSA) is 77.6 Å². The van der Waals surface area contributed by atoms with E-state index in [0.29, 0.717) is 12.6 Å². The second-order valence-electron chi connectivity index (χ2n) is 7.26. The fourth-order valence-electron chi connectivity index (χ4n) is 3.42. The predicted octanol–water partition coefficient (Wildman–Crippen LogP) is 3.63. The van der Waals surface area contributed by atoms with Gasteiger partial charge in [0.05, 0.1) is 23.3 Å². The van der Waals surface area contributed by atoms with Crippen LogP contribution in [0, 0.1) is 20.8 Å². The van der Waals surface area contributed by atoms with Crippen LogP contribution in [0.2, 0.25) is 0 Å². The van der Waals surface area contributed by atoms with Crippen LogP contribution in [0.5, 0.6) is 0 Å². The summed E-state index contributed by atoms with van der Waals surface area (Å²) in [5, 5.41) is 11.2. The maximum Gasteiger partial charge on any atom is 0.280 e. The van der Waals surface area contributed by atoms with Gasteiger partial charge in [0.1, 0.15) is 12.2 Å². The molecule has 0 aliphatic rings. The van der Waals surface area contributed by atoms with Crippen LogP contribution >= 0.6 is 0 Å². The first-order valence-electron chi connectivity index (χ1n) is 9.31. The Labute approximate surface area is 170 Å². The molecule has 30 heavy (non-hydrogen) atoms. The SMILES string of the molecule is Cc1cc(C)n(CC(C)NC(=O)Cn2nc(C)c3c(C(F)F)cc(C(F)F)nc32)n1. The van der Waals surface area contributed by atoms with Crippen LogP contribution in [0.15, 0.2) is 12.1 Å². The van der Waals surface area contributed by atoms with E-state index in [1.807, 2.05) is 19.9 Å². The smallest absolute Gasteiger partial charge is 0.280 e. The van der Waals surface area contributed by atoms with Crippen molar-refractivity contribution in [2.24, 2.45) is 0 Å². The molecule has 162 valence electrons. The Morgan fingerprint density at radius 3 is 2.33 bits per heavy atom.